The van der Waals surface area contributed by atoms with Gasteiger partial charge in [-0.15, -0.1) is 11.6 Å². The highest BCUT2D eigenvalue weighted by Crippen LogP contribution is 2.70. The van der Waals surface area contributed by atoms with Crippen molar-refractivity contribution in [2.24, 2.45) is 34.5 Å². The Morgan fingerprint density at radius 3 is 2.63 bits per heavy atom. The zero-order valence-corrected chi connectivity index (χ0v) is 21.9. The summed E-state index contributed by atoms with van der Waals surface area (Å²) in [5.41, 5.74) is -1.24. The van der Waals surface area contributed by atoms with Gasteiger partial charge < -0.3 is 9.84 Å². The van der Waals surface area contributed by atoms with Crippen molar-refractivity contribution in [1.82, 2.24) is 0 Å². The summed E-state index contributed by atoms with van der Waals surface area (Å²) in [6.07, 6.45) is 6.18. The zero-order valence-electron chi connectivity index (χ0n) is 21.2. The monoisotopic (exact) mass is 508 g/mol. The van der Waals surface area contributed by atoms with E-state index in [0.29, 0.717) is 24.8 Å². The molecule has 5 nitrogen and oxygen atoms in total. The summed E-state index contributed by atoms with van der Waals surface area (Å²) in [5, 5.41) is 11.6. The molecule has 0 aromatic heterocycles. The molecule has 3 saturated carbocycles. The van der Waals surface area contributed by atoms with Crippen molar-refractivity contribution in [2.75, 3.05) is 6.61 Å². The Hall–Kier alpha value is -1.53. The van der Waals surface area contributed by atoms with Crippen molar-refractivity contribution >= 4 is 29.1 Å². The van der Waals surface area contributed by atoms with Gasteiger partial charge in [0, 0.05) is 17.8 Å². The van der Waals surface area contributed by atoms with Crippen LogP contribution < -0.4 is 0 Å². The van der Waals surface area contributed by atoms with E-state index in [1.807, 2.05) is 20.8 Å². The van der Waals surface area contributed by atoms with Gasteiger partial charge in [0.05, 0.1) is 11.0 Å². The number of hydrogen-bond acceptors (Lipinski definition) is 5. The Labute approximate surface area is 212 Å². The fourth-order valence-electron chi connectivity index (χ4n) is 8.09. The SMILES string of the molecule is CCCCCC(=O)OCC(=O)[C@H]1[C@H](C)C[C@H]2C3C[C@H](F)C4=CC(=O)C=CC4(C)[C@@]3(Cl)C(O)CC21C. The minimum atomic E-state index is -1.34. The van der Waals surface area contributed by atoms with Crippen LogP contribution in [-0.2, 0) is 19.1 Å². The van der Waals surface area contributed by atoms with Gasteiger partial charge in [-0.25, -0.2) is 4.39 Å². The van der Waals surface area contributed by atoms with Crippen molar-refractivity contribution in [3.63, 3.8) is 0 Å². The molecule has 1 N–H and O–H groups in total. The van der Waals surface area contributed by atoms with Crippen LogP contribution in [0.15, 0.2) is 23.8 Å². The Bertz CT molecular complexity index is 961. The smallest absolute Gasteiger partial charge is 0.306 e. The second-order valence-corrected chi connectivity index (χ2v) is 12.3. The summed E-state index contributed by atoms with van der Waals surface area (Å²) in [4.78, 5) is 36.3. The molecule has 0 bridgehead atoms. The van der Waals surface area contributed by atoms with Gasteiger partial charge in [-0.2, -0.15) is 0 Å². The molecule has 3 fully saturated rings. The number of carbonyl (C=O) groups is 3. The summed E-state index contributed by atoms with van der Waals surface area (Å²) < 4.78 is 20.9. The average Bonchev–Trinajstić information content (AvgIpc) is 3.05. The van der Waals surface area contributed by atoms with Gasteiger partial charge in [0.1, 0.15) is 12.8 Å². The van der Waals surface area contributed by atoms with Gasteiger partial charge in [0.2, 0.25) is 0 Å². The lowest BCUT2D eigenvalue weighted by Crippen LogP contribution is -2.67. The van der Waals surface area contributed by atoms with Crippen LogP contribution in [0.4, 0.5) is 4.39 Å². The number of alkyl halides is 2. The van der Waals surface area contributed by atoms with Gasteiger partial charge in [0.25, 0.3) is 0 Å². The molecule has 35 heavy (non-hydrogen) atoms. The van der Waals surface area contributed by atoms with E-state index in [2.05, 4.69) is 6.92 Å². The number of allylic oxidation sites excluding steroid dienone is 4. The maximum atomic E-state index is 15.6. The number of ketones is 2. The lowest BCUT2D eigenvalue weighted by atomic mass is 9.46. The molecular weight excluding hydrogens is 471 g/mol. The third-order valence-corrected chi connectivity index (χ3v) is 10.6. The first kappa shape index (κ1) is 26.5. The van der Waals surface area contributed by atoms with Crippen LogP contribution in [0.2, 0.25) is 0 Å². The first-order chi connectivity index (χ1) is 16.4. The number of esters is 1. The van der Waals surface area contributed by atoms with Crippen LogP contribution in [0.1, 0.15) is 72.6 Å². The summed E-state index contributed by atoms with van der Waals surface area (Å²) >= 11 is 7.35. The first-order valence-electron chi connectivity index (χ1n) is 13.0. The lowest BCUT2D eigenvalue weighted by molar-refractivity contribution is -0.153. The molecule has 0 heterocycles. The van der Waals surface area contributed by atoms with E-state index >= 15 is 4.39 Å². The van der Waals surface area contributed by atoms with Gasteiger partial charge >= 0.3 is 5.97 Å². The van der Waals surface area contributed by atoms with Crippen molar-refractivity contribution in [1.29, 1.82) is 0 Å². The van der Waals surface area contributed by atoms with Crippen molar-refractivity contribution < 1.29 is 28.6 Å². The molecule has 0 aromatic rings. The van der Waals surface area contributed by atoms with E-state index < -0.39 is 33.9 Å². The van der Waals surface area contributed by atoms with E-state index in [1.165, 1.54) is 12.2 Å². The number of halogens is 2. The highest BCUT2D eigenvalue weighted by molar-refractivity contribution is 6.26. The first-order valence-corrected chi connectivity index (χ1v) is 13.4. The number of Topliss-reactive ketones (excluding diaryl/α,β-unsaturated/α-hetero) is 1. The fraction of sp³-hybridized carbons (Fsp3) is 0.750. The summed E-state index contributed by atoms with van der Waals surface area (Å²) in [7, 11) is 0. The fourth-order valence-corrected chi connectivity index (χ4v) is 8.58. The predicted octanol–water partition coefficient (Wildman–Crippen LogP) is 5.13. The Morgan fingerprint density at radius 1 is 1.23 bits per heavy atom. The average molecular weight is 509 g/mol. The largest absolute Gasteiger partial charge is 0.458 e. The Morgan fingerprint density at radius 2 is 1.94 bits per heavy atom. The zero-order chi connectivity index (χ0) is 25.8. The van der Waals surface area contributed by atoms with E-state index in [0.717, 1.165) is 19.3 Å². The molecule has 0 aliphatic heterocycles. The molecule has 4 rings (SSSR count). The number of ether oxygens (including phenoxy) is 1. The van der Waals surface area contributed by atoms with Crippen molar-refractivity contribution in [3.05, 3.63) is 23.8 Å². The number of hydrogen-bond donors (Lipinski definition) is 1. The normalized spacial score (nSPS) is 44.2. The summed E-state index contributed by atoms with van der Waals surface area (Å²) in [6.45, 7) is 7.63. The van der Waals surface area contributed by atoms with Gasteiger partial charge in [-0.1, -0.05) is 46.6 Å². The topological polar surface area (TPSA) is 80.7 Å². The molecule has 4 unspecified atom stereocenters. The molecular formula is C28H38ClFO5. The molecule has 0 saturated heterocycles. The third kappa shape index (κ3) is 4.03. The standard InChI is InChI=1S/C28H38ClFO5/c1-5-6-7-8-24(34)35-15-22(32)25-16(2)11-18-19-13-21(30)20-12-17(31)9-10-27(20,4)28(19,29)23(33)14-26(18,25)3/h9-10,12,16,18-19,21,23,25,33H,5-8,11,13-15H2,1-4H3/t16-,18+,19?,21+,23?,25-,26?,27?,28+/m1/s1. The maximum absolute atomic E-state index is 15.6. The predicted molar refractivity (Wildman–Crippen MR) is 132 cm³/mol. The van der Waals surface area contributed by atoms with E-state index in [9.17, 15) is 19.5 Å². The third-order valence-electron chi connectivity index (χ3n) is 9.68. The van der Waals surface area contributed by atoms with Crippen LogP contribution in [0.3, 0.4) is 0 Å². The van der Waals surface area contributed by atoms with Gasteiger partial charge in [-0.05, 0) is 66.6 Å². The lowest BCUT2D eigenvalue weighted by Gasteiger charge is -2.63. The number of rotatable bonds is 7. The molecule has 0 aromatic carbocycles. The van der Waals surface area contributed by atoms with Gasteiger partial charge in [-0.3, -0.25) is 14.4 Å². The molecule has 0 radical (unpaired) electrons. The second-order valence-electron chi connectivity index (χ2n) is 11.7. The molecule has 194 valence electrons. The molecule has 0 amide bonds. The quantitative estimate of drug-likeness (QED) is 0.293. The van der Waals surface area contributed by atoms with Crippen LogP contribution in [-0.4, -0.2) is 46.4 Å². The molecule has 4 aliphatic rings. The Balaban J connectivity index is 1.59. The Kier molecular flexibility index (Phi) is 7.13. The van der Waals surface area contributed by atoms with Gasteiger partial charge in [0.15, 0.2) is 11.6 Å². The number of fused-ring (bicyclic) bond motifs is 5. The summed E-state index contributed by atoms with van der Waals surface area (Å²) in [5.74, 6) is -1.62. The van der Waals surface area contributed by atoms with E-state index in [1.54, 1.807) is 6.08 Å². The van der Waals surface area contributed by atoms with Crippen molar-refractivity contribution in [2.45, 2.75) is 89.8 Å². The number of aliphatic hydroxyl groups excluding tert-OH is 1. The second kappa shape index (κ2) is 9.41. The molecule has 4 aliphatic carbocycles. The number of aliphatic hydroxyl groups is 1. The molecule has 7 heteroatoms. The minimum absolute atomic E-state index is 0.00575. The molecule has 0 spiro atoms. The van der Waals surface area contributed by atoms with Crippen LogP contribution in [0.5, 0.6) is 0 Å². The van der Waals surface area contributed by atoms with Crippen molar-refractivity contribution in [3.8, 4) is 0 Å². The maximum Gasteiger partial charge on any atom is 0.306 e. The highest BCUT2D eigenvalue weighted by Gasteiger charge is 2.71. The highest BCUT2D eigenvalue weighted by atomic mass is 35.5. The molecule has 9 atom stereocenters. The van der Waals surface area contributed by atoms with Crippen LogP contribution >= 0.6 is 11.6 Å². The van der Waals surface area contributed by atoms with E-state index in [-0.39, 0.29) is 48.3 Å². The van der Waals surface area contributed by atoms with Crippen LogP contribution in [0.25, 0.3) is 0 Å². The summed E-state index contributed by atoms with van der Waals surface area (Å²) in [6, 6.07) is 0. The number of carbonyl (C=O) groups excluding carboxylic acids is 3. The van der Waals surface area contributed by atoms with Crippen LogP contribution in [0, 0.1) is 34.5 Å². The minimum Gasteiger partial charge on any atom is -0.458 e. The number of unbranched alkanes of at least 4 members (excludes halogenated alkanes) is 2. The van der Waals surface area contributed by atoms with E-state index in [4.69, 9.17) is 16.3 Å².